The normalized spacial score (nSPS) is 17.8. The second-order valence-electron chi connectivity index (χ2n) is 5.71. The maximum atomic E-state index is 12.3. The number of nitrogens with one attached hydrogen (secondary N) is 3. The highest BCUT2D eigenvalue weighted by molar-refractivity contribution is 5.96. The number of hydrogen-bond acceptors (Lipinski definition) is 6. The first-order chi connectivity index (χ1) is 11.9. The average molecular weight is 357 g/mol. The number of fused-ring (bicyclic) bond motifs is 1. The van der Waals surface area contributed by atoms with E-state index in [1.165, 1.54) is 10.9 Å². The Morgan fingerprint density at radius 2 is 2.24 bits per heavy atom. The summed E-state index contributed by atoms with van der Waals surface area (Å²) in [5, 5.41) is 8.30. The van der Waals surface area contributed by atoms with Gasteiger partial charge in [0.15, 0.2) is 17.0 Å². The minimum atomic E-state index is -4.49. The predicted molar refractivity (Wildman–Crippen MR) is 84.3 cm³/mol. The van der Waals surface area contributed by atoms with Crippen molar-refractivity contribution in [1.82, 2.24) is 30.2 Å². The maximum Gasteiger partial charge on any atom is 0.405 e. The van der Waals surface area contributed by atoms with Gasteiger partial charge in [-0.3, -0.25) is 4.79 Å². The molecule has 0 aliphatic carbocycles. The highest BCUT2D eigenvalue weighted by Gasteiger charge is 2.29. The van der Waals surface area contributed by atoms with Crippen molar-refractivity contribution in [2.45, 2.75) is 32.1 Å². The van der Waals surface area contributed by atoms with Crippen molar-refractivity contribution in [1.29, 1.82) is 0 Å². The van der Waals surface area contributed by atoms with Gasteiger partial charge < -0.3 is 20.5 Å². The minimum absolute atomic E-state index is 0.116. The van der Waals surface area contributed by atoms with Crippen LogP contribution in [0.5, 0.6) is 0 Å². The highest BCUT2D eigenvalue weighted by atomic mass is 19.4. The largest absolute Gasteiger partial charge is 0.405 e. The molecule has 1 saturated heterocycles. The molecule has 3 rings (SSSR count). The van der Waals surface area contributed by atoms with E-state index in [2.05, 4.69) is 25.6 Å². The standard InChI is InChI=1S/C14H18F3N7O/c1-2-24-11-9(23-12(24)13(25)19-6-14(15,16)17)10(20-7-21-11)22-8-3-4-18-5-8/h7-8,18H,2-6H2,1H3,(H,19,25)(H,20,21,22). The highest BCUT2D eigenvalue weighted by Crippen LogP contribution is 2.22. The summed E-state index contributed by atoms with van der Waals surface area (Å²) < 4.78 is 38.5. The molecule has 2 aromatic heterocycles. The Morgan fingerprint density at radius 3 is 2.88 bits per heavy atom. The number of carbonyl (C=O) groups excluding carboxylic acids is 1. The van der Waals surface area contributed by atoms with E-state index in [1.54, 1.807) is 6.92 Å². The SMILES string of the molecule is CCn1c(C(=O)NCC(F)(F)F)nc2c(NC3CCNC3)ncnc21. The third-order valence-electron chi connectivity index (χ3n) is 3.90. The van der Waals surface area contributed by atoms with E-state index in [1.807, 2.05) is 5.32 Å². The molecule has 1 aliphatic rings. The molecule has 136 valence electrons. The molecule has 0 radical (unpaired) electrons. The fourth-order valence-electron chi connectivity index (χ4n) is 2.75. The third-order valence-corrected chi connectivity index (χ3v) is 3.90. The molecule has 3 heterocycles. The monoisotopic (exact) mass is 357 g/mol. The van der Waals surface area contributed by atoms with Gasteiger partial charge in [-0.25, -0.2) is 15.0 Å². The van der Waals surface area contributed by atoms with Gasteiger partial charge in [-0.2, -0.15) is 13.2 Å². The van der Waals surface area contributed by atoms with Gasteiger partial charge in [-0.05, 0) is 19.9 Å². The Morgan fingerprint density at radius 1 is 1.44 bits per heavy atom. The summed E-state index contributed by atoms with van der Waals surface area (Å²) in [5.74, 6) is -0.545. The number of aryl methyl sites for hydroxylation is 1. The van der Waals surface area contributed by atoms with Gasteiger partial charge in [-0.15, -0.1) is 0 Å². The zero-order valence-corrected chi connectivity index (χ0v) is 13.5. The van der Waals surface area contributed by atoms with E-state index >= 15 is 0 Å². The molecule has 1 fully saturated rings. The number of alkyl halides is 3. The summed E-state index contributed by atoms with van der Waals surface area (Å²) in [4.78, 5) is 24.6. The van der Waals surface area contributed by atoms with Gasteiger partial charge in [0.05, 0.1) is 0 Å². The number of anilines is 1. The first kappa shape index (κ1) is 17.4. The van der Waals surface area contributed by atoms with Crippen LogP contribution >= 0.6 is 0 Å². The Balaban J connectivity index is 1.92. The number of rotatable bonds is 5. The zero-order chi connectivity index (χ0) is 18.0. The van der Waals surface area contributed by atoms with Crippen molar-refractivity contribution in [3.63, 3.8) is 0 Å². The van der Waals surface area contributed by atoms with Gasteiger partial charge in [-0.1, -0.05) is 0 Å². The number of carbonyl (C=O) groups is 1. The fourth-order valence-corrected chi connectivity index (χ4v) is 2.75. The van der Waals surface area contributed by atoms with Crippen LogP contribution in [-0.4, -0.2) is 57.3 Å². The van der Waals surface area contributed by atoms with Crippen molar-refractivity contribution in [2.24, 2.45) is 0 Å². The molecule has 11 heteroatoms. The quantitative estimate of drug-likeness (QED) is 0.736. The zero-order valence-electron chi connectivity index (χ0n) is 13.5. The molecule has 1 atom stereocenters. The molecular formula is C14H18F3N7O. The van der Waals surface area contributed by atoms with E-state index in [0.29, 0.717) is 23.5 Å². The van der Waals surface area contributed by atoms with Crippen LogP contribution in [0.3, 0.4) is 0 Å². The Labute approximate surface area is 141 Å². The lowest BCUT2D eigenvalue weighted by molar-refractivity contribution is -0.123. The second kappa shape index (κ2) is 6.82. The van der Waals surface area contributed by atoms with E-state index in [-0.39, 0.29) is 11.9 Å². The summed E-state index contributed by atoms with van der Waals surface area (Å²) in [5.41, 5.74) is 0.775. The van der Waals surface area contributed by atoms with Crippen molar-refractivity contribution < 1.29 is 18.0 Å². The van der Waals surface area contributed by atoms with Crippen LogP contribution in [0.2, 0.25) is 0 Å². The lowest BCUT2D eigenvalue weighted by Gasteiger charge is -2.11. The van der Waals surface area contributed by atoms with Crippen molar-refractivity contribution in [3.8, 4) is 0 Å². The number of hydrogen-bond donors (Lipinski definition) is 3. The summed E-state index contributed by atoms with van der Waals surface area (Å²) in [6.45, 7) is 2.35. The van der Waals surface area contributed by atoms with Crippen LogP contribution in [0.1, 0.15) is 24.0 Å². The van der Waals surface area contributed by atoms with Crippen LogP contribution < -0.4 is 16.0 Å². The second-order valence-corrected chi connectivity index (χ2v) is 5.71. The minimum Gasteiger partial charge on any atom is -0.364 e. The van der Waals surface area contributed by atoms with Crippen LogP contribution in [0, 0.1) is 0 Å². The first-order valence-electron chi connectivity index (χ1n) is 7.92. The lowest BCUT2D eigenvalue weighted by Crippen LogP contribution is -2.35. The van der Waals surface area contributed by atoms with Gasteiger partial charge >= 0.3 is 6.18 Å². The molecule has 0 bridgehead atoms. The molecule has 1 aliphatic heterocycles. The number of nitrogens with zero attached hydrogens (tertiary/aromatic N) is 4. The summed E-state index contributed by atoms with van der Waals surface area (Å²) in [7, 11) is 0. The van der Waals surface area contributed by atoms with Crippen LogP contribution in [0.15, 0.2) is 6.33 Å². The predicted octanol–water partition coefficient (Wildman–Crippen LogP) is 0.912. The molecule has 0 aromatic carbocycles. The first-order valence-corrected chi connectivity index (χ1v) is 7.92. The summed E-state index contributed by atoms with van der Waals surface area (Å²) >= 11 is 0. The topological polar surface area (TPSA) is 96.8 Å². The molecular weight excluding hydrogens is 339 g/mol. The number of imidazole rings is 1. The van der Waals surface area contributed by atoms with E-state index in [4.69, 9.17) is 0 Å². The summed E-state index contributed by atoms with van der Waals surface area (Å²) in [6, 6.07) is 0.174. The van der Waals surface area contributed by atoms with Crippen molar-refractivity contribution in [3.05, 3.63) is 12.2 Å². The van der Waals surface area contributed by atoms with E-state index < -0.39 is 18.6 Å². The van der Waals surface area contributed by atoms with Crippen molar-refractivity contribution in [2.75, 3.05) is 25.0 Å². The van der Waals surface area contributed by atoms with E-state index in [9.17, 15) is 18.0 Å². The Kier molecular flexibility index (Phi) is 4.75. The average Bonchev–Trinajstić information content (AvgIpc) is 3.19. The lowest BCUT2D eigenvalue weighted by atomic mass is 10.2. The van der Waals surface area contributed by atoms with Crippen LogP contribution in [0.4, 0.5) is 19.0 Å². The molecule has 25 heavy (non-hydrogen) atoms. The molecule has 0 spiro atoms. The van der Waals surface area contributed by atoms with Gasteiger partial charge in [0, 0.05) is 19.1 Å². The van der Waals surface area contributed by atoms with Gasteiger partial charge in [0.25, 0.3) is 5.91 Å². The van der Waals surface area contributed by atoms with E-state index in [0.717, 1.165) is 19.5 Å². The number of amides is 1. The molecule has 1 unspecified atom stereocenters. The van der Waals surface area contributed by atoms with Gasteiger partial charge in [0.2, 0.25) is 5.82 Å². The van der Waals surface area contributed by atoms with Crippen LogP contribution in [0.25, 0.3) is 11.2 Å². The smallest absolute Gasteiger partial charge is 0.364 e. The molecule has 8 nitrogen and oxygen atoms in total. The third kappa shape index (κ3) is 3.81. The van der Waals surface area contributed by atoms with Crippen molar-refractivity contribution >= 4 is 22.9 Å². The van der Waals surface area contributed by atoms with Crippen LogP contribution in [-0.2, 0) is 6.54 Å². The fraction of sp³-hybridized carbons (Fsp3) is 0.571. The Bertz CT molecular complexity index is 768. The maximum absolute atomic E-state index is 12.3. The number of aromatic nitrogens is 4. The molecule has 0 saturated carbocycles. The molecule has 3 N–H and O–H groups in total. The van der Waals surface area contributed by atoms with Gasteiger partial charge in [0.1, 0.15) is 12.9 Å². The Hall–Kier alpha value is -2.43. The number of halogens is 3. The molecule has 1 amide bonds. The summed E-state index contributed by atoms with van der Waals surface area (Å²) in [6.07, 6.45) is -2.22. The molecule has 2 aromatic rings.